The van der Waals surface area contributed by atoms with Gasteiger partial charge in [-0.25, -0.2) is 0 Å². The average Bonchev–Trinajstić information content (AvgIpc) is 2.41. The summed E-state index contributed by atoms with van der Waals surface area (Å²) in [6.45, 7) is 8.24. The molecule has 2 aliphatic rings. The summed E-state index contributed by atoms with van der Waals surface area (Å²) in [6.07, 6.45) is 4.16. The van der Waals surface area contributed by atoms with Gasteiger partial charge in [0.05, 0.1) is 5.69 Å². The van der Waals surface area contributed by atoms with Gasteiger partial charge >= 0.3 is 0 Å². The Morgan fingerprint density at radius 2 is 2.05 bits per heavy atom. The molecule has 3 rings (SSSR count). The van der Waals surface area contributed by atoms with Crippen LogP contribution in [0.25, 0.3) is 0 Å². The van der Waals surface area contributed by atoms with Gasteiger partial charge in [-0.2, -0.15) is 0 Å². The van der Waals surface area contributed by atoms with Crippen molar-refractivity contribution in [3.8, 4) is 0 Å². The molecule has 0 spiro atoms. The first-order valence-electron chi connectivity index (χ1n) is 7.42. The van der Waals surface area contributed by atoms with Crippen LogP contribution >= 0.6 is 15.9 Å². The van der Waals surface area contributed by atoms with Crippen molar-refractivity contribution in [2.75, 3.05) is 24.5 Å². The third-order valence-corrected chi connectivity index (χ3v) is 5.70. The van der Waals surface area contributed by atoms with Crippen molar-refractivity contribution in [1.82, 2.24) is 4.90 Å². The number of piperazine rings is 1. The molecule has 1 aromatic rings. The van der Waals surface area contributed by atoms with E-state index in [0.717, 1.165) is 6.04 Å². The van der Waals surface area contributed by atoms with Gasteiger partial charge < -0.3 is 4.90 Å². The molecule has 3 heteroatoms. The Kier molecular flexibility index (Phi) is 3.86. The van der Waals surface area contributed by atoms with E-state index in [4.69, 9.17) is 0 Å². The molecule has 0 saturated carbocycles. The number of hydrogen-bond acceptors (Lipinski definition) is 2. The third kappa shape index (κ3) is 2.55. The van der Waals surface area contributed by atoms with Crippen LogP contribution in [-0.2, 0) is 0 Å². The van der Waals surface area contributed by atoms with E-state index < -0.39 is 0 Å². The minimum Gasteiger partial charge on any atom is -0.365 e. The maximum Gasteiger partial charge on any atom is 0.0516 e. The molecule has 2 aliphatic heterocycles. The molecule has 2 atom stereocenters. The Bertz CT molecular complexity index is 460. The van der Waals surface area contributed by atoms with E-state index in [-0.39, 0.29) is 0 Å². The quantitative estimate of drug-likeness (QED) is 0.775. The first kappa shape index (κ1) is 13.4. The number of rotatable bonds is 1. The molecule has 2 fully saturated rings. The summed E-state index contributed by atoms with van der Waals surface area (Å²) in [5, 5.41) is 0. The zero-order chi connectivity index (χ0) is 13.4. The van der Waals surface area contributed by atoms with Gasteiger partial charge in [-0.1, -0.05) is 18.6 Å². The van der Waals surface area contributed by atoms with Crippen LogP contribution in [0.1, 0.15) is 31.7 Å². The second-order valence-electron chi connectivity index (χ2n) is 6.05. The smallest absolute Gasteiger partial charge is 0.0516 e. The lowest BCUT2D eigenvalue weighted by Gasteiger charge is -2.48. The Labute approximate surface area is 124 Å². The molecule has 19 heavy (non-hydrogen) atoms. The topological polar surface area (TPSA) is 6.48 Å². The Hall–Kier alpha value is -0.540. The van der Waals surface area contributed by atoms with E-state index in [9.17, 15) is 0 Å². The molecule has 0 aromatic heterocycles. The minimum absolute atomic E-state index is 0.604. The van der Waals surface area contributed by atoms with Crippen molar-refractivity contribution in [1.29, 1.82) is 0 Å². The van der Waals surface area contributed by atoms with E-state index >= 15 is 0 Å². The maximum absolute atomic E-state index is 3.78. The molecule has 0 N–H and O–H groups in total. The van der Waals surface area contributed by atoms with Crippen LogP contribution in [0.3, 0.4) is 0 Å². The fraction of sp³-hybridized carbons (Fsp3) is 0.625. The Morgan fingerprint density at radius 3 is 2.89 bits per heavy atom. The van der Waals surface area contributed by atoms with Crippen LogP contribution in [-0.4, -0.2) is 36.6 Å². The molecule has 1 aromatic carbocycles. The number of piperidine rings is 1. The number of nitrogens with zero attached hydrogens (tertiary/aromatic N) is 2. The molecule has 2 saturated heterocycles. The third-order valence-electron chi connectivity index (χ3n) is 4.67. The number of fused-ring (bicyclic) bond motifs is 1. The Balaban J connectivity index is 1.86. The predicted molar refractivity (Wildman–Crippen MR) is 84.9 cm³/mol. The minimum atomic E-state index is 0.604. The zero-order valence-corrected chi connectivity index (χ0v) is 13.5. The summed E-state index contributed by atoms with van der Waals surface area (Å²) in [4.78, 5) is 5.30. The van der Waals surface area contributed by atoms with E-state index in [2.05, 4.69) is 57.8 Å². The highest BCUT2D eigenvalue weighted by Gasteiger charge is 2.33. The monoisotopic (exact) mass is 322 g/mol. The highest BCUT2D eigenvalue weighted by atomic mass is 79.9. The standard InChI is InChI=1S/C16H23BrN2/c1-12-6-5-8-15(16(12)17)19-11-14-7-3-4-9-18(14)10-13(19)2/h5-6,8,13-14H,3-4,7,9-11H2,1-2H3. The molecule has 2 unspecified atom stereocenters. The summed E-state index contributed by atoms with van der Waals surface area (Å²) in [7, 11) is 0. The fourth-order valence-corrected chi connectivity index (χ4v) is 4.03. The number of halogens is 1. The summed E-state index contributed by atoms with van der Waals surface area (Å²) in [6, 6.07) is 7.97. The lowest BCUT2D eigenvalue weighted by Crippen LogP contribution is -2.58. The lowest BCUT2D eigenvalue weighted by atomic mass is 9.96. The van der Waals surface area contributed by atoms with E-state index in [1.54, 1.807) is 0 Å². The maximum atomic E-state index is 3.78. The van der Waals surface area contributed by atoms with Crippen LogP contribution in [0, 0.1) is 6.92 Å². The summed E-state index contributed by atoms with van der Waals surface area (Å²) in [5.41, 5.74) is 2.70. The van der Waals surface area contributed by atoms with Crippen LogP contribution in [0.4, 0.5) is 5.69 Å². The van der Waals surface area contributed by atoms with Crippen LogP contribution in [0.5, 0.6) is 0 Å². The second-order valence-corrected chi connectivity index (χ2v) is 6.85. The normalized spacial score (nSPS) is 28.3. The van der Waals surface area contributed by atoms with Gasteiger partial charge in [-0.05, 0) is 60.8 Å². The number of benzene rings is 1. The largest absolute Gasteiger partial charge is 0.365 e. The Morgan fingerprint density at radius 1 is 1.21 bits per heavy atom. The van der Waals surface area contributed by atoms with Gasteiger partial charge in [0.2, 0.25) is 0 Å². The molecule has 2 heterocycles. The second kappa shape index (κ2) is 5.45. The highest BCUT2D eigenvalue weighted by molar-refractivity contribution is 9.10. The van der Waals surface area contributed by atoms with Crippen LogP contribution < -0.4 is 4.90 Å². The fourth-order valence-electron chi connectivity index (χ4n) is 3.54. The van der Waals surface area contributed by atoms with Crippen LogP contribution in [0.15, 0.2) is 22.7 Å². The average molecular weight is 323 g/mol. The highest BCUT2D eigenvalue weighted by Crippen LogP contribution is 2.34. The van der Waals surface area contributed by atoms with E-state index in [1.165, 1.54) is 54.6 Å². The predicted octanol–water partition coefficient (Wildman–Crippen LogP) is 3.82. The van der Waals surface area contributed by atoms with Crippen molar-refractivity contribution >= 4 is 21.6 Å². The lowest BCUT2D eigenvalue weighted by molar-refractivity contribution is 0.115. The molecule has 0 bridgehead atoms. The molecule has 0 radical (unpaired) electrons. The van der Waals surface area contributed by atoms with Crippen molar-refractivity contribution in [2.45, 2.75) is 45.2 Å². The van der Waals surface area contributed by atoms with Gasteiger partial charge in [-0.15, -0.1) is 0 Å². The van der Waals surface area contributed by atoms with E-state index in [1.807, 2.05) is 0 Å². The van der Waals surface area contributed by atoms with Gasteiger partial charge in [-0.3, -0.25) is 4.90 Å². The van der Waals surface area contributed by atoms with Gasteiger partial charge in [0.15, 0.2) is 0 Å². The summed E-state index contributed by atoms with van der Waals surface area (Å²) >= 11 is 3.78. The number of anilines is 1. The first-order valence-corrected chi connectivity index (χ1v) is 8.22. The van der Waals surface area contributed by atoms with Gasteiger partial charge in [0.1, 0.15) is 0 Å². The van der Waals surface area contributed by atoms with Crippen molar-refractivity contribution in [3.63, 3.8) is 0 Å². The summed E-state index contributed by atoms with van der Waals surface area (Å²) < 4.78 is 1.27. The number of aryl methyl sites for hydroxylation is 1. The van der Waals surface area contributed by atoms with Crippen molar-refractivity contribution in [3.05, 3.63) is 28.2 Å². The summed E-state index contributed by atoms with van der Waals surface area (Å²) in [5.74, 6) is 0. The number of hydrogen-bond donors (Lipinski definition) is 0. The SMILES string of the molecule is Cc1cccc(N2CC3CCCCN3CC2C)c1Br. The molecular formula is C16H23BrN2. The molecule has 2 nitrogen and oxygen atoms in total. The van der Waals surface area contributed by atoms with E-state index in [0.29, 0.717) is 6.04 Å². The molecular weight excluding hydrogens is 300 g/mol. The van der Waals surface area contributed by atoms with Crippen molar-refractivity contribution < 1.29 is 0 Å². The zero-order valence-electron chi connectivity index (χ0n) is 11.9. The van der Waals surface area contributed by atoms with Gasteiger partial charge in [0.25, 0.3) is 0 Å². The molecule has 104 valence electrons. The van der Waals surface area contributed by atoms with Crippen LogP contribution in [0.2, 0.25) is 0 Å². The molecule has 0 amide bonds. The van der Waals surface area contributed by atoms with Crippen molar-refractivity contribution in [2.24, 2.45) is 0 Å². The first-order chi connectivity index (χ1) is 9.16. The molecule has 0 aliphatic carbocycles. The van der Waals surface area contributed by atoms with Gasteiger partial charge in [0, 0.05) is 29.6 Å².